The highest BCUT2D eigenvalue weighted by Gasteiger charge is 2.27. The number of hydrogen-bond donors (Lipinski definition) is 0. The van der Waals surface area contributed by atoms with Crippen LogP contribution in [0.5, 0.6) is 5.75 Å². The van der Waals surface area contributed by atoms with E-state index in [2.05, 4.69) is 4.40 Å². The quantitative estimate of drug-likeness (QED) is 0.396. The molecule has 2 heterocycles. The number of ether oxygens (including phenoxy) is 1. The topological polar surface area (TPSA) is 99.1 Å². The summed E-state index contributed by atoms with van der Waals surface area (Å²) in [5.41, 5.74) is 0.144. The minimum absolute atomic E-state index is 0.0130. The van der Waals surface area contributed by atoms with Crippen molar-refractivity contribution in [2.45, 2.75) is 4.90 Å². The Labute approximate surface area is 153 Å². The lowest BCUT2D eigenvalue weighted by molar-refractivity contribution is 0.402. The zero-order valence-electron chi connectivity index (χ0n) is 14.1. The van der Waals surface area contributed by atoms with Crippen LogP contribution < -0.4 is 10.4 Å². The number of hydrogen-bond acceptors (Lipinski definition) is 6. The molecule has 0 saturated heterocycles. The first-order valence-corrected chi connectivity index (χ1v) is 9.31. The van der Waals surface area contributed by atoms with Crippen molar-refractivity contribution in [2.75, 3.05) is 7.11 Å². The summed E-state index contributed by atoms with van der Waals surface area (Å²) in [6.07, 6.45) is 2.60. The van der Waals surface area contributed by atoms with Crippen molar-refractivity contribution in [2.24, 2.45) is 4.40 Å². The van der Waals surface area contributed by atoms with Gasteiger partial charge < -0.3 is 13.6 Å². The Balaban J connectivity index is 2.04. The van der Waals surface area contributed by atoms with E-state index < -0.39 is 15.6 Å². The molecule has 0 radical (unpaired) electrons. The summed E-state index contributed by atoms with van der Waals surface area (Å²) in [5, 5.41) is 0.476. The molecule has 0 atom stereocenters. The van der Waals surface area contributed by atoms with Gasteiger partial charge in [0.1, 0.15) is 4.90 Å². The third kappa shape index (κ3) is 2.89. The monoisotopic (exact) mass is 383 g/mol. The Morgan fingerprint density at radius 2 is 1.74 bits per heavy atom. The Morgan fingerprint density at radius 1 is 1.00 bits per heavy atom. The van der Waals surface area contributed by atoms with Gasteiger partial charge in [-0.3, -0.25) is 0 Å². The van der Waals surface area contributed by atoms with E-state index >= 15 is 0 Å². The van der Waals surface area contributed by atoms with Crippen molar-refractivity contribution in [3.8, 4) is 5.75 Å². The summed E-state index contributed by atoms with van der Waals surface area (Å²) >= 11 is 0. The number of furan rings is 1. The van der Waals surface area contributed by atoms with E-state index in [1.807, 2.05) is 6.07 Å². The van der Waals surface area contributed by atoms with Crippen molar-refractivity contribution < 1.29 is 22.0 Å². The average Bonchev–Trinajstić information content (AvgIpc) is 3.14. The zero-order chi connectivity index (χ0) is 19.0. The molecule has 0 N–H and O–H groups in total. The summed E-state index contributed by atoms with van der Waals surface area (Å²) in [6, 6.07) is 12.9. The Kier molecular flexibility index (Phi) is 4.04. The number of benzene rings is 2. The molecule has 0 aliphatic heterocycles. The molecule has 2 aromatic heterocycles. The van der Waals surface area contributed by atoms with Crippen LogP contribution in [0.3, 0.4) is 0 Å². The van der Waals surface area contributed by atoms with Crippen LogP contribution in [0.2, 0.25) is 0 Å². The molecule has 8 heteroatoms. The Bertz CT molecular complexity index is 1330. The maximum atomic E-state index is 13.0. The van der Waals surface area contributed by atoms with Crippen LogP contribution in [-0.2, 0) is 10.0 Å². The van der Waals surface area contributed by atoms with Gasteiger partial charge in [0.25, 0.3) is 10.0 Å². The predicted octanol–water partition coefficient (Wildman–Crippen LogP) is 3.36. The lowest BCUT2D eigenvalue weighted by Gasteiger charge is -2.09. The second-order valence-corrected chi connectivity index (χ2v) is 7.21. The summed E-state index contributed by atoms with van der Waals surface area (Å²) in [6.45, 7) is 0. The van der Waals surface area contributed by atoms with Gasteiger partial charge in [0, 0.05) is 23.1 Å². The highest BCUT2D eigenvalue weighted by atomic mass is 32.2. The highest BCUT2D eigenvalue weighted by molar-refractivity contribution is 7.90. The molecule has 0 aliphatic rings. The van der Waals surface area contributed by atoms with E-state index in [0.717, 1.165) is 6.07 Å². The third-order valence-corrected chi connectivity index (χ3v) is 5.34. The fourth-order valence-electron chi connectivity index (χ4n) is 2.86. The minimum Gasteiger partial charge on any atom is -0.490 e. The van der Waals surface area contributed by atoms with Crippen LogP contribution in [0, 0.1) is 0 Å². The lowest BCUT2D eigenvalue weighted by Crippen LogP contribution is -2.04. The molecule has 0 fully saturated rings. The summed E-state index contributed by atoms with van der Waals surface area (Å²) in [5.74, 6) is 0.147. The molecule has 2 aromatic carbocycles. The van der Waals surface area contributed by atoms with Gasteiger partial charge in [-0.1, -0.05) is 30.3 Å². The summed E-state index contributed by atoms with van der Waals surface area (Å²) in [7, 11) is -2.75. The number of sulfonamides is 1. The maximum absolute atomic E-state index is 13.0. The molecule has 0 amide bonds. The van der Waals surface area contributed by atoms with Crippen molar-refractivity contribution in [1.29, 1.82) is 0 Å². The fourth-order valence-corrected chi connectivity index (χ4v) is 4.10. The van der Waals surface area contributed by atoms with E-state index in [9.17, 15) is 13.2 Å². The third-order valence-electron chi connectivity index (χ3n) is 4.00. The molecule has 4 aromatic rings. The molecule has 27 heavy (non-hydrogen) atoms. The van der Waals surface area contributed by atoms with Crippen LogP contribution in [0.15, 0.2) is 77.7 Å². The second-order valence-electron chi connectivity index (χ2n) is 5.64. The summed E-state index contributed by atoms with van der Waals surface area (Å²) < 4.78 is 45.7. The number of nitrogens with zero attached hydrogens (tertiary/aromatic N) is 1. The molecule has 0 unspecified atom stereocenters. The van der Waals surface area contributed by atoms with Crippen LogP contribution >= 0.6 is 0 Å². The van der Waals surface area contributed by atoms with Gasteiger partial charge in [0.15, 0.2) is 11.2 Å². The van der Waals surface area contributed by atoms with Crippen molar-refractivity contribution in [1.82, 2.24) is 0 Å². The van der Waals surface area contributed by atoms with E-state index in [0.29, 0.717) is 10.9 Å². The van der Waals surface area contributed by atoms with Crippen LogP contribution in [0.25, 0.3) is 21.9 Å². The lowest BCUT2D eigenvalue weighted by atomic mass is 10.1. The molecule has 4 rings (SSSR count). The van der Waals surface area contributed by atoms with E-state index in [1.54, 1.807) is 24.3 Å². The van der Waals surface area contributed by atoms with Gasteiger partial charge in [-0.25, -0.2) is 4.79 Å². The van der Waals surface area contributed by atoms with Gasteiger partial charge in [0.2, 0.25) is 5.75 Å². The first-order chi connectivity index (χ1) is 13.0. The van der Waals surface area contributed by atoms with Gasteiger partial charge in [0.05, 0.1) is 13.4 Å². The molecule has 0 aliphatic carbocycles. The Morgan fingerprint density at radius 3 is 2.48 bits per heavy atom. The SMILES string of the molecule is COc1c2occc2c(S(=O)(=O)/N=C/c2ccccc2)c2ccc(=O)oc12. The first-order valence-electron chi connectivity index (χ1n) is 7.87. The highest BCUT2D eigenvalue weighted by Crippen LogP contribution is 2.40. The molecule has 7 nitrogen and oxygen atoms in total. The van der Waals surface area contributed by atoms with Gasteiger partial charge in [-0.2, -0.15) is 12.8 Å². The molecular weight excluding hydrogens is 370 g/mol. The van der Waals surface area contributed by atoms with Gasteiger partial charge >= 0.3 is 5.63 Å². The van der Waals surface area contributed by atoms with Gasteiger partial charge in [-0.05, 0) is 17.7 Å². The normalized spacial score (nSPS) is 12.2. The second kappa shape index (κ2) is 6.40. The van der Waals surface area contributed by atoms with Gasteiger partial charge in [-0.15, -0.1) is 0 Å². The largest absolute Gasteiger partial charge is 0.490 e. The fraction of sp³-hybridized carbons (Fsp3) is 0.0526. The molecule has 0 spiro atoms. The van der Waals surface area contributed by atoms with Crippen molar-refractivity contribution in [3.05, 3.63) is 70.8 Å². The number of rotatable bonds is 4. The maximum Gasteiger partial charge on any atom is 0.336 e. The Hall–Kier alpha value is -3.39. The standard InChI is InChI=1S/C19H13NO6S/c1-24-18-16-14(9-10-25-16)19(13-7-8-15(21)26-17(13)18)27(22,23)20-11-12-5-3-2-4-6-12/h2-11H,1H3/b20-11+. The van der Waals surface area contributed by atoms with Crippen LogP contribution in [-0.4, -0.2) is 21.7 Å². The first kappa shape index (κ1) is 17.0. The van der Waals surface area contributed by atoms with E-state index in [1.165, 1.54) is 31.7 Å². The number of methoxy groups -OCH3 is 1. The average molecular weight is 383 g/mol. The molecular formula is C19H13NO6S. The number of fused-ring (bicyclic) bond motifs is 2. The van der Waals surface area contributed by atoms with Crippen molar-refractivity contribution in [3.63, 3.8) is 0 Å². The molecule has 0 bridgehead atoms. The van der Waals surface area contributed by atoms with Crippen molar-refractivity contribution >= 4 is 38.2 Å². The smallest absolute Gasteiger partial charge is 0.336 e. The van der Waals surface area contributed by atoms with E-state index in [-0.39, 0.29) is 27.2 Å². The molecule has 136 valence electrons. The minimum atomic E-state index is -4.13. The summed E-state index contributed by atoms with van der Waals surface area (Å²) in [4.78, 5) is 11.6. The van der Waals surface area contributed by atoms with Crippen LogP contribution in [0.1, 0.15) is 5.56 Å². The zero-order valence-corrected chi connectivity index (χ0v) is 14.9. The predicted molar refractivity (Wildman–Crippen MR) is 100 cm³/mol. The molecule has 0 saturated carbocycles. The van der Waals surface area contributed by atoms with E-state index in [4.69, 9.17) is 13.6 Å². The van der Waals surface area contributed by atoms with Crippen LogP contribution in [0.4, 0.5) is 0 Å².